The maximum absolute atomic E-state index is 11.2. The zero-order valence-electron chi connectivity index (χ0n) is 14.6. The molecule has 0 bridgehead atoms. The number of nitrogens with one attached hydrogen (secondary N) is 2. The summed E-state index contributed by atoms with van der Waals surface area (Å²) in [5.41, 5.74) is 1.10. The number of aromatic nitrogens is 1. The number of piperidine rings is 1. The van der Waals surface area contributed by atoms with Crippen LogP contribution in [-0.2, 0) is 0 Å². The first-order valence-corrected chi connectivity index (χ1v) is 8.24. The quantitative estimate of drug-likeness (QED) is 0.660. The zero-order chi connectivity index (χ0) is 17.5. The minimum atomic E-state index is -0.357. The van der Waals surface area contributed by atoms with Crippen LogP contribution in [0.4, 0.5) is 11.4 Å². The van der Waals surface area contributed by atoms with Gasteiger partial charge in [-0.2, -0.15) is 0 Å². The van der Waals surface area contributed by atoms with Crippen LogP contribution in [0.25, 0.3) is 10.8 Å². The molecule has 1 aromatic heterocycles. The highest BCUT2D eigenvalue weighted by molar-refractivity contribution is 5.99. The fourth-order valence-electron chi connectivity index (χ4n) is 4.10. The largest absolute Gasteiger partial charge is 0.382 e. The minimum Gasteiger partial charge on any atom is -0.382 e. The molecule has 0 atom stereocenters. The Kier molecular flexibility index (Phi) is 3.95. The minimum absolute atomic E-state index is 0.0392. The van der Waals surface area contributed by atoms with Crippen LogP contribution >= 0.6 is 0 Å². The number of pyridine rings is 1. The van der Waals surface area contributed by atoms with Gasteiger partial charge in [0, 0.05) is 46.7 Å². The summed E-state index contributed by atoms with van der Waals surface area (Å²) in [6, 6.07) is 5.50. The monoisotopic (exact) mass is 328 g/mol. The molecule has 0 aliphatic carbocycles. The molecule has 128 valence electrons. The average Bonchev–Trinajstić information content (AvgIpc) is 2.44. The molecule has 2 N–H and O–H groups in total. The zero-order valence-corrected chi connectivity index (χ0v) is 14.6. The molecule has 6 nitrogen and oxygen atoms in total. The standard InChI is InChI=1S/C18H24N4O2/c1-17(2)9-12(10-18(3,4)21-17)20-15-5-6-16(22(23)24)14-11-19-8-7-13(14)15/h5-8,11-12,20-21H,9-10H2,1-4H3. The first kappa shape index (κ1) is 16.6. The smallest absolute Gasteiger partial charge is 0.278 e. The number of nitro groups is 1. The number of fused-ring (bicyclic) bond motifs is 1. The van der Waals surface area contributed by atoms with Crippen molar-refractivity contribution >= 4 is 22.1 Å². The maximum atomic E-state index is 11.2. The number of non-ortho nitro benzene ring substituents is 1. The summed E-state index contributed by atoms with van der Waals surface area (Å²) in [7, 11) is 0. The average molecular weight is 328 g/mol. The van der Waals surface area contributed by atoms with Gasteiger partial charge >= 0.3 is 0 Å². The molecule has 3 rings (SSSR count). The van der Waals surface area contributed by atoms with Gasteiger partial charge < -0.3 is 10.6 Å². The SMILES string of the molecule is CC1(C)CC(Nc2ccc([N+](=O)[O-])c3cnccc23)CC(C)(C)N1. The fourth-order valence-corrected chi connectivity index (χ4v) is 4.10. The summed E-state index contributed by atoms with van der Waals surface area (Å²) >= 11 is 0. The van der Waals surface area contributed by atoms with Crippen molar-refractivity contribution in [3.05, 3.63) is 40.7 Å². The van der Waals surface area contributed by atoms with E-state index in [2.05, 4.69) is 43.3 Å². The third-order valence-corrected chi connectivity index (χ3v) is 4.54. The lowest BCUT2D eigenvalue weighted by molar-refractivity contribution is -0.383. The van der Waals surface area contributed by atoms with Crippen LogP contribution in [0.2, 0.25) is 0 Å². The first-order valence-electron chi connectivity index (χ1n) is 8.24. The van der Waals surface area contributed by atoms with E-state index in [1.807, 2.05) is 12.1 Å². The first-order chi connectivity index (χ1) is 11.2. The van der Waals surface area contributed by atoms with Crippen molar-refractivity contribution in [3.8, 4) is 0 Å². The van der Waals surface area contributed by atoms with Crippen molar-refractivity contribution in [2.75, 3.05) is 5.32 Å². The summed E-state index contributed by atoms with van der Waals surface area (Å²) in [6.07, 6.45) is 5.21. The Morgan fingerprint density at radius 2 is 1.83 bits per heavy atom. The predicted molar refractivity (Wildman–Crippen MR) is 96.3 cm³/mol. The Balaban J connectivity index is 1.96. The molecular weight excluding hydrogens is 304 g/mol. The van der Waals surface area contributed by atoms with Gasteiger partial charge in [-0.1, -0.05) is 0 Å². The van der Waals surface area contributed by atoms with Crippen LogP contribution in [0.5, 0.6) is 0 Å². The van der Waals surface area contributed by atoms with E-state index in [9.17, 15) is 10.1 Å². The molecule has 24 heavy (non-hydrogen) atoms. The van der Waals surface area contributed by atoms with Gasteiger partial charge in [-0.15, -0.1) is 0 Å². The third kappa shape index (κ3) is 3.33. The van der Waals surface area contributed by atoms with Gasteiger partial charge in [0.1, 0.15) is 0 Å². The molecule has 0 unspecified atom stereocenters. The number of nitro benzene ring substituents is 1. The number of hydrogen-bond donors (Lipinski definition) is 2. The van der Waals surface area contributed by atoms with Crippen LogP contribution in [0, 0.1) is 10.1 Å². The summed E-state index contributed by atoms with van der Waals surface area (Å²) in [5, 5.41) is 19.9. The van der Waals surface area contributed by atoms with Crippen molar-refractivity contribution in [1.82, 2.24) is 10.3 Å². The molecular formula is C18H24N4O2. The van der Waals surface area contributed by atoms with Gasteiger partial charge in [-0.25, -0.2) is 0 Å². The predicted octanol–water partition coefficient (Wildman–Crippen LogP) is 3.86. The van der Waals surface area contributed by atoms with E-state index in [1.165, 1.54) is 0 Å². The Labute approximate surface area is 141 Å². The van der Waals surface area contributed by atoms with E-state index < -0.39 is 0 Å². The highest BCUT2D eigenvalue weighted by atomic mass is 16.6. The number of hydrogen-bond acceptors (Lipinski definition) is 5. The van der Waals surface area contributed by atoms with Crippen molar-refractivity contribution in [1.29, 1.82) is 0 Å². The van der Waals surface area contributed by atoms with Crippen LogP contribution in [-0.4, -0.2) is 27.0 Å². The fraction of sp³-hybridized carbons (Fsp3) is 0.500. The molecule has 0 amide bonds. The molecule has 2 heterocycles. The lowest BCUT2D eigenvalue weighted by atomic mass is 9.79. The second-order valence-corrected chi connectivity index (χ2v) is 7.95. The molecule has 1 aromatic carbocycles. The van der Waals surface area contributed by atoms with Crippen LogP contribution < -0.4 is 10.6 Å². The van der Waals surface area contributed by atoms with E-state index in [0.29, 0.717) is 11.4 Å². The highest BCUT2D eigenvalue weighted by Crippen LogP contribution is 2.34. The Hall–Kier alpha value is -2.21. The lowest BCUT2D eigenvalue weighted by Crippen LogP contribution is -2.60. The topological polar surface area (TPSA) is 80.1 Å². The number of benzene rings is 1. The summed E-state index contributed by atoms with van der Waals surface area (Å²) < 4.78 is 0. The summed E-state index contributed by atoms with van der Waals surface area (Å²) in [5.74, 6) is 0. The van der Waals surface area contributed by atoms with Gasteiger partial charge in [0.25, 0.3) is 5.69 Å². The van der Waals surface area contributed by atoms with Gasteiger partial charge in [0.05, 0.1) is 10.3 Å². The normalized spacial score (nSPS) is 20.0. The number of rotatable bonds is 3. The summed E-state index contributed by atoms with van der Waals surface area (Å²) in [6.45, 7) is 8.84. The van der Waals surface area contributed by atoms with Gasteiger partial charge in [-0.3, -0.25) is 15.1 Å². The number of anilines is 1. The van der Waals surface area contributed by atoms with Crippen molar-refractivity contribution in [3.63, 3.8) is 0 Å². The molecule has 6 heteroatoms. The van der Waals surface area contributed by atoms with Gasteiger partial charge in [0.2, 0.25) is 0 Å². The molecule has 1 saturated heterocycles. The van der Waals surface area contributed by atoms with Gasteiger partial charge in [-0.05, 0) is 52.7 Å². The van der Waals surface area contributed by atoms with Crippen LogP contribution in [0.1, 0.15) is 40.5 Å². The Bertz CT molecular complexity index is 770. The van der Waals surface area contributed by atoms with E-state index >= 15 is 0 Å². The van der Waals surface area contributed by atoms with Gasteiger partial charge in [0.15, 0.2) is 0 Å². The van der Waals surface area contributed by atoms with Crippen molar-refractivity contribution in [2.24, 2.45) is 0 Å². The summed E-state index contributed by atoms with van der Waals surface area (Å²) in [4.78, 5) is 14.9. The second kappa shape index (κ2) is 5.70. The highest BCUT2D eigenvalue weighted by Gasteiger charge is 2.37. The van der Waals surface area contributed by atoms with E-state index in [4.69, 9.17) is 0 Å². The van der Waals surface area contributed by atoms with E-state index in [0.717, 1.165) is 23.9 Å². The Morgan fingerprint density at radius 1 is 1.17 bits per heavy atom. The van der Waals surface area contributed by atoms with Crippen molar-refractivity contribution < 1.29 is 4.92 Å². The maximum Gasteiger partial charge on any atom is 0.278 e. The molecule has 0 saturated carbocycles. The van der Waals surface area contributed by atoms with Crippen molar-refractivity contribution in [2.45, 2.75) is 57.7 Å². The van der Waals surface area contributed by atoms with E-state index in [-0.39, 0.29) is 21.7 Å². The molecule has 2 aromatic rings. The second-order valence-electron chi connectivity index (χ2n) is 7.95. The molecule has 1 aliphatic heterocycles. The third-order valence-electron chi connectivity index (χ3n) is 4.54. The molecule has 0 spiro atoms. The molecule has 1 fully saturated rings. The van der Waals surface area contributed by atoms with Crippen LogP contribution in [0.15, 0.2) is 30.6 Å². The number of nitrogens with zero attached hydrogens (tertiary/aromatic N) is 2. The molecule has 0 radical (unpaired) electrons. The molecule has 1 aliphatic rings. The Morgan fingerprint density at radius 3 is 2.46 bits per heavy atom. The van der Waals surface area contributed by atoms with Crippen LogP contribution in [0.3, 0.4) is 0 Å². The van der Waals surface area contributed by atoms with E-state index in [1.54, 1.807) is 18.5 Å². The lowest BCUT2D eigenvalue weighted by Gasteiger charge is -2.47.